The van der Waals surface area contributed by atoms with E-state index < -0.39 is 29.9 Å². The minimum Gasteiger partial charge on any atom is -0.322 e. The highest BCUT2D eigenvalue weighted by Crippen LogP contribution is 2.36. The highest BCUT2D eigenvalue weighted by atomic mass is 35.5. The van der Waals surface area contributed by atoms with Gasteiger partial charge in [0.05, 0.1) is 15.7 Å². The standard InChI is InChI=1S/C23H16Cl3N3O3/c24-16-11-17(25)20(18(26)12-16)27-19(30)13-29-21(31)23(28-22(29)32,14-7-3-1-4-8-14)15-9-5-2-6-10-15/h1-12H,13H2,(H,27,30)(H,28,32). The minimum absolute atomic E-state index is 0.135. The second kappa shape index (κ2) is 8.82. The number of amides is 4. The number of hydrogen-bond acceptors (Lipinski definition) is 3. The fraction of sp³-hybridized carbons (Fsp3) is 0.0870. The average Bonchev–Trinajstić information content (AvgIpc) is 3.03. The van der Waals surface area contributed by atoms with Crippen molar-refractivity contribution in [2.75, 3.05) is 11.9 Å². The molecule has 0 spiro atoms. The Morgan fingerprint density at radius 3 is 1.88 bits per heavy atom. The van der Waals surface area contributed by atoms with Crippen molar-refractivity contribution in [1.29, 1.82) is 0 Å². The Bertz CT molecular complexity index is 1140. The molecule has 1 heterocycles. The first-order valence-corrected chi connectivity index (χ1v) is 10.7. The molecule has 2 N–H and O–H groups in total. The van der Waals surface area contributed by atoms with Gasteiger partial charge < -0.3 is 10.6 Å². The van der Waals surface area contributed by atoms with E-state index in [1.807, 2.05) is 12.1 Å². The van der Waals surface area contributed by atoms with Gasteiger partial charge in [-0.25, -0.2) is 4.79 Å². The SMILES string of the molecule is O=C(CN1C(=O)NC(c2ccccc2)(c2ccccc2)C1=O)Nc1c(Cl)cc(Cl)cc1Cl. The molecule has 0 atom stereocenters. The lowest BCUT2D eigenvalue weighted by molar-refractivity contribution is -0.133. The number of carbonyl (C=O) groups is 3. The Balaban J connectivity index is 1.65. The zero-order valence-electron chi connectivity index (χ0n) is 16.4. The van der Waals surface area contributed by atoms with Gasteiger partial charge in [0.2, 0.25) is 5.91 Å². The van der Waals surface area contributed by atoms with Crippen molar-refractivity contribution >= 4 is 58.3 Å². The number of imide groups is 1. The number of nitrogens with zero attached hydrogens (tertiary/aromatic N) is 1. The van der Waals surface area contributed by atoms with E-state index in [1.54, 1.807) is 48.5 Å². The van der Waals surface area contributed by atoms with Crippen molar-refractivity contribution in [1.82, 2.24) is 10.2 Å². The van der Waals surface area contributed by atoms with Crippen molar-refractivity contribution < 1.29 is 14.4 Å². The van der Waals surface area contributed by atoms with Crippen LogP contribution in [-0.2, 0) is 15.1 Å². The number of carbonyl (C=O) groups excluding carboxylic acids is 3. The Kier molecular flexibility index (Phi) is 6.11. The number of benzene rings is 3. The topological polar surface area (TPSA) is 78.5 Å². The molecule has 1 fully saturated rings. The van der Waals surface area contributed by atoms with E-state index in [9.17, 15) is 14.4 Å². The number of hydrogen-bond donors (Lipinski definition) is 2. The van der Waals surface area contributed by atoms with Crippen molar-refractivity contribution in [3.63, 3.8) is 0 Å². The summed E-state index contributed by atoms with van der Waals surface area (Å²) in [6, 6.07) is 19.9. The molecule has 4 amide bonds. The smallest absolute Gasteiger partial charge is 0.322 e. The van der Waals surface area contributed by atoms with Crippen LogP contribution in [0.15, 0.2) is 72.8 Å². The lowest BCUT2D eigenvalue weighted by atomic mass is 9.82. The van der Waals surface area contributed by atoms with Crippen LogP contribution in [-0.4, -0.2) is 29.3 Å². The van der Waals surface area contributed by atoms with Gasteiger partial charge in [0, 0.05) is 5.02 Å². The summed E-state index contributed by atoms with van der Waals surface area (Å²) in [5.41, 5.74) is -0.144. The molecule has 162 valence electrons. The summed E-state index contributed by atoms with van der Waals surface area (Å²) < 4.78 is 0. The van der Waals surface area contributed by atoms with E-state index in [2.05, 4.69) is 10.6 Å². The maximum atomic E-state index is 13.6. The van der Waals surface area contributed by atoms with E-state index in [0.29, 0.717) is 16.1 Å². The van der Waals surface area contributed by atoms with Crippen LogP contribution >= 0.6 is 34.8 Å². The molecule has 0 aromatic heterocycles. The van der Waals surface area contributed by atoms with Crippen molar-refractivity contribution in [3.05, 3.63) is 99.0 Å². The molecule has 1 saturated heterocycles. The van der Waals surface area contributed by atoms with Gasteiger partial charge in [-0.1, -0.05) is 95.5 Å². The average molecular weight is 489 g/mol. The summed E-state index contributed by atoms with van der Waals surface area (Å²) in [5.74, 6) is -1.21. The van der Waals surface area contributed by atoms with Gasteiger partial charge in [0.15, 0.2) is 5.54 Å². The lowest BCUT2D eigenvalue weighted by Crippen LogP contribution is -2.45. The minimum atomic E-state index is -1.45. The third-order valence-corrected chi connectivity index (χ3v) is 5.91. The van der Waals surface area contributed by atoms with Gasteiger partial charge in [-0.15, -0.1) is 0 Å². The second-order valence-corrected chi connectivity index (χ2v) is 8.35. The van der Waals surface area contributed by atoms with Gasteiger partial charge >= 0.3 is 6.03 Å². The van der Waals surface area contributed by atoms with E-state index in [-0.39, 0.29) is 15.7 Å². The molecule has 3 aromatic rings. The highest BCUT2D eigenvalue weighted by molar-refractivity contribution is 6.42. The summed E-state index contributed by atoms with van der Waals surface area (Å²) in [7, 11) is 0. The van der Waals surface area contributed by atoms with Gasteiger partial charge in [-0.05, 0) is 23.3 Å². The van der Waals surface area contributed by atoms with Gasteiger partial charge in [0.1, 0.15) is 6.54 Å². The van der Waals surface area contributed by atoms with E-state index in [1.165, 1.54) is 12.1 Å². The Morgan fingerprint density at radius 1 is 0.875 bits per heavy atom. The number of nitrogens with one attached hydrogen (secondary N) is 2. The maximum Gasteiger partial charge on any atom is 0.326 e. The number of halogens is 3. The second-order valence-electron chi connectivity index (χ2n) is 7.10. The molecular formula is C23H16Cl3N3O3. The van der Waals surface area contributed by atoms with Gasteiger partial charge in [0.25, 0.3) is 5.91 Å². The van der Waals surface area contributed by atoms with Gasteiger partial charge in [-0.3, -0.25) is 14.5 Å². The Hall–Kier alpha value is -3.06. The Morgan fingerprint density at radius 2 is 1.38 bits per heavy atom. The van der Waals surface area contributed by atoms with Crippen molar-refractivity contribution in [2.24, 2.45) is 0 Å². The number of urea groups is 1. The molecule has 0 unspecified atom stereocenters. The van der Waals surface area contributed by atoms with Gasteiger partial charge in [-0.2, -0.15) is 0 Å². The molecule has 0 aliphatic carbocycles. The summed E-state index contributed by atoms with van der Waals surface area (Å²) in [5, 5.41) is 5.91. The third kappa shape index (κ3) is 3.93. The molecule has 0 radical (unpaired) electrons. The van der Waals surface area contributed by atoms with Crippen molar-refractivity contribution in [3.8, 4) is 0 Å². The molecule has 4 rings (SSSR count). The molecule has 0 saturated carbocycles. The molecule has 6 nitrogen and oxygen atoms in total. The molecule has 32 heavy (non-hydrogen) atoms. The first kappa shape index (κ1) is 22.1. The van der Waals surface area contributed by atoms with E-state index in [0.717, 1.165) is 4.90 Å². The summed E-state index contributed by atoms with van der Waals surface area (Å²) in [6.45, 7) is -0.526. The predicted molar refractivity (Wildman–Crippen MR) is 124 cm³/mol. The maximum absolute atomic E-state index is 13.6. The molecular weight excluding hydrogens is 473 g/mol. The predicted octanol–water partition coefficient (Wildman–Crippen LogP) is 5.08. The van der Waals surface area contributed by atoms with Crippen LogP contribution in [0, 0.1) is 0 Å². The number of anilines is 1. The normalized spacial score (nSPS) is 14.9. The van der Waals surface area contributed by atoms with E-state index in [4.69, 9.17) is 34.8 Å². The molecule has 0 bridgehead atoms. The lowest BCUT2D eigenvalue weighted by Gasteiger charge is -2.28. The highest BCUT2D eigenvalue weighted by Gasteiger charge is 2.54. The zero-order chi connectivity index (χ0) is 22.9. The first-order chi connectivity index (χ1) is 15.3. The largest absolute Gasteiger partial charge is 0.326 e. The zero-order valence-corrected chi connectivity index (χ0v) is 18.7. The van der Waals surface area contributed by atoms with E-state index >= 15 is 0 Å². The Labute approximate surface area is 199 Å². The van der Waals surface area contributed by atoms with Crippen LogP contribution in [0.25, 0.3) is 0 Å². The summed E-state index contributed by atoms with van der Waals surface area (Å²) in [6.07, 6.45) is 0. The summed E-state index contributed by atoms with van der Waals surface area (Å²) >= 11 is 18.1. The summed E-state index contributed by atoms with van der Waals surface area (Å²) in [4.78, 5) is 40.0. The van der Waals surface area contributed by atoms with Crippen LogP contribution in [0.2, 0.25) is 15.1 Å². The quantitative estimate of drug-likeness (QED) is 0.492. The van der Waals surface area contributed by atoms with Crippen molar-refractivity contribution in [2.45, 2.75) is 5.54 Å². The van der Waals surface area contributed by atoms with Crippen LogP contribution in [0.5, 0.6) is 0 Å². The fourth-order valence-electron chi connectivity index (χ4n) is 3.64. The van der Waals surface area contributed by atoms with Crippen LogP contribution < -0.4 is 10.6 Å². The van der Waals surface area contributed by atoms with Crippen LogP contribution in [0.1, 0.15) is 11.1 Å². The monoisotopic (exact) mass is 487 g/mol. The fourth-order valence-corrected chi connectivity index (χ4v) is 4.55. The first-order valence-electron chi connectivity index (χ1n) is 9.52. The van der Waals surface area contributed by atoms with Crippen LogP contribution in [0.4, 0.5) is 10.5 Å². The third-order valence-electron chi connectivity index (χ3n) is 5.09. The molecule has 9 heteroatoms. The molecule has 1 aliphatic heterocycles. The van der Waals surface area contributed by atoms with Crippen LogP contribution in [0.3, 0.4) is 0 Å². The number of rotatable bonds is 5. The molecule has 3 aromatic carbocycles. The molecule has 1 aliphatic rings.